The minimum Gasteiger partial charge on any atom is -0.493 e. The fourth-order valence-corrected chi connectivity index (χ4v) is 3.40. The highest BCUT2D eigenvalue weighted by molar-refractivity contribution is 5.97. The summed E-state index contributed by atoms with van der Waals surface area (Å²) in [4.78, 5) is 38.0. The number of amides is 2. The van der Waals surface area contributed by atoms with Gasteiger partial charge in [0.05, 0.1) is 14.2 Å². The van der Waals surface area contributed by atoms with Gasteiger partial charge in [0, 0.05) is 38.4 Å². The highest BCUT2D eigenvalue weighted by Crippen LogP contribution is 2.31. The number of carbonyl (C=O) groups is 3. The summed E-state index contributed by atoms with van der Waals surface area (Å²) in [5.74, 6) is 0.138. The SMILES string of the molecule is CCC(C)C(NC(=O)c1ccc(OC2CCN(C(C)=O)CC2)c(OC)c1)C(=O)OC. The van der Waals surface area contributed by atoms with Crippen molar-refractivity contribution >= 4 is 17.8 Å². The van der Waals surface area contributed by atoms with Crippen molar-refractivity contribution in [2.75, 3.05) is 27.3 Å². The number of carbonyl (C=O) groups excluding carboxylic acids is 3. The van der Waals surface area contributed by atoms with Gasteiger partial charge in [0.1, 0.15) is 12.1 Å². The fraction of sp³-hybridized carbons (Fsp3) is 0.591. The maximum absolute atomic E-state index is 12.7. The van der Waals surface area contributed by atoms with Gasteiger partial charge in [0.15, 0.2) is 11.5 Å². The summed E-state index contributed by atoms with van der Waals surface area (Å²) >= 11 is 0. The van der Waals surface area contributed by atoms with E-state index >= 15 is 0 Å². The molecule has 1 saturated heterocycles. The van der Waals surface area contributed by atoms with E-state index < -0.39 is 12.0 Å². The van der Waals surface area contributed by atoms with E-state index in [1.165, 1.54) is 14.2 Å². The number of hydrogen-bond donors (Lipinski definition) is 1. The molecule has 0 spiro atoms. The molecule has 0 aromatic heterocycles. The average molecular weight is 421 g/mol. The standard InChI is InChI=1S/C22H32N2O6/c1-6-14(2)20(22(27)29-5)23-21(26)16-7-8-18(19(13-16)28-4)30-17-9-11-24(12-10-17)15(3)25/h7-8,13-14,17,20H,6,9-12H2,1-5H3,(H,23,26). The predicted molar refractivity (Wildman–Crippen MR) is 112 cm³/mol. The number of piperidine rings is 1. The molecule has 2 amide bonds. The summed E-state index contributed by atoms with van der Waals surface area (Å²) < 4.78 is 16.3. The second-order valence-corrected chi connectivity index (χ2v) is 7.55. The molecule has 1 fully saturated rings. The molecular weight excluding hydrogens is 388 g/mol. The van der Waals surface area contributed by atoms with E-state index in [2.05, 4.69) is 5.32 Å². The zero-order chi connectivity index (χ0) is 22.3. The van der Waals surface area contributed by atoms with Crippen LogP contribution in [-0.2, 0) is 14.3 Å². The van der Waals surface area contributed by atoms with Crippen LogP contribution in [0.5, 0.6) is 11.5 Å². The van der Waals surface area contributed by atoms with Crippen LogP contribution in [-0.4, -0.2) is 62.1 Å². The topological polar surface area (TPSA) is 94.2 Å². The zero-order valence-electron chi connectivity index (χ0n) is 18.4. The van der Waals surface area contributed by atoms with Crippen molar-refractivity contribution in [3.63, 3.8) is 0 Å². The van der Waals surface area contributed by atoms with E-state index in [1.54, 1.807) is 30.0 Å². The number of esters is 1. The molecule has 8 heteroatoms. The maximum Gasteiger partial charge on any atom is 0.328 e. The molecule has 0 radical (unpaired) electrons. The minimum atomic E-state index is -0.721. The van der Waals surface area contributed by atoms with Gasteiger partial charge in [-0.3, -0.25) is 9.59 Å². The van der Waals surface area contributed by atoms with E-state index in [-0.39, 0.29) is 23.8 Å². The van der Waals surface area contributed by atoms with Crippen LogP contribution in [0.3, 0.4) is 0 Å². The van der Waals surface area contributed by atoms with E-state index in [9.17, 15) is 14.4 Å². The first-order chi connectivity index (χ1) is 14.3. The van der Waals surface area contributed by atoms with Crippen LogP contribution in [0.2, 0.25) is 0 Å². The number of hydrogen-bond acceptors (Lipinski definition) is 6. The van der Waals surface area contributed by atoms with Gasteiger partial charge in [-0.15, -0.1) is 0 Å². The Kier molecular flexibility index (Phi) is 8.50. The van der Waals surface area contributed by atoms with Gasteiger partial charge in [-0.2, -0.15) is 0 Å². The number of rotatable bonds is 8. The Labute approximate surface area is 177 Å². The molecule has 1 aromatic rings. The molecular formula is C22H32N2O6. The molecule has 2 unspecified atom stereocenters. The van der Waals surface area contributed by atoms with Gasteiger partial charge in [-0.05, 0) is 24.1 Å². The van der Waals surface area contributed by atoms with Crippen LogP contribution >= 0.6 is 0 Å². The highest BCUT2D eigenvalue weighted by atomic mass is 16.5. The third-order valence-electron chi connectivity index (χ3n) is 5.56. The second-order valence-electron chi connectivity index (χ2n) is 7.55. The molecule has 1 aliphatic rings. The van der Waals surface area contributed by atoms with Crippen LogP contribution in [0, 0.1) is 5.92 Å². The monoisotopic (exact) mass is 420 g/mol. The summed E-state index contributed by atoms with van der Waals surface area (Å²) in [5, 5.41) is 2.75. The van der Waals surface area contributed by atoms with Crippen LogP contribution in [0.15, 0.2) is 18.2 Å². The number of likely N-dealkylation sites (tertiary alicyclic amines) is 1. The number of nitrogens with zero attached hydrogens (tertiary/aromatic N) is 1. The van der Waals surface area contributed by atoms with Crippen molar-refractivity contribution in [3.8, 4) is 11.5 Å². The van der Waals surface area contributed by atoms with Crippen LogP contribution in [0.25, 0.3) is 0 Å². The molecule has 30 heavy (non-hydrogen) atoms. The van der Waals surface area contributed by atoms with Crippen molar-refractivity contribution in [1.29, 1.82) is 0 Å². The first-order valence-corrected chi connectivity index (χ1v) is 10.3. The Bertz CT molecular complexity index is 758. The Hall–Kier alpha value is -2.77. The number of benzene rings is 1. The smallest absolute Gasteiger partial charge is 0.328 e. The van der Waals surface area contributed by atoms with Gasteiger partial charge in [0.2, 0.25) is 5.91 Å². The third-order valence-corrected chi connectivity index (χ3v) is 5.56. The summed E-state index contributed by atoms with van der Waals surface area (Å²) in [6.45, 7) is 6.72. The molecule has 8 nitrogen and oxygen atoms in total. The van der Waals surface area contributed by atoms with Crippen molar-refractivity contribution in [1.82, 2.24) is 10.2 Å². The molecule has 2 atom stereocenters. The van der Waals surface area contributed by atoms with Gasteiger partial charge >= 0.3 is 5.97 Å². The third kappa shape index (κ3) is 5.87. The molecule has 2 rings (SSSR count). The Morgan fingerprint density at radius 2 is 1.83 bits per heavy atom. The molecule has 1 heterocycles. The molecule has 166 valence electrons. The zero-order valence-corrected chi connectivity index (χ0v) is 18.4. The van der Waals surface area contributed by atoms with Crippen LogP contribution in [0.4, 0.5) is 0 Å². The van der Waals surface area contributed by atoms with Gasteiger partial charge in [0.25, 0.3) is 5.91 Å². The van der Waals surface area contributed by atoms with Crippen molar-refractivity contribution in [2.24, 2.45) is 5.92 Å². The molecule has 0 bridgehead atoms. The summed E-state index contributed by atoms with van der Waals surface area (Å²) in [7, 11) is 2.82. The Morgan fingerprint density at radius 1 is 1.17 bits per heavy atom. The van der Waals surface area contributed by atoms with Crippen molar-refractivity contribution in [3.05, 3.63) is 23.8 Å². The Morgan fingerprint density at radius 3 is 2.37 bits per heavy atom. The summed E-state index contributed by atoms with van der Waals surface area (Å²) in [5.41, 5.74) is 0.364. The van der Waals surface area contributed by atoms with Gasteiger partial charge in [-0.25, -0.2) is 4.79 Å². The number of methoxy groups -OCH3 is 2. The van der Waals surface area contributed by atoms with Gasteiger partial charge < -0.3 is 24.4 Å². The van der Waals surface area contributed by atoms with Crippen LogP contribution in [0.1, 0.15) is 50.4 Å². The first-order valence-electron chi connectivity index (χ1n) is 10.3. The summed E-state index contributed by atoms with van der Waals surface area (Å²) in [6.07, 6.45) is 2.17. The molecule has 0 aliphatic carbocycles. The average Bonchev–Trinajstić information content (AvgIpc) is 2.76. The highest BCUT2D eigenvalue weighted by Gasteiger charge is 2.28. The van der Waals surface area contributed by atoms with Crippen LogP contribution < -0.4 is 14.8 Å². The number of ether oxygens (including phenoxy) is 3. The van der Waals surface area contributed by atoms with E-state index in [0.717, 1.165) is 19.3 Å². The quantitative estimate of drug-likeness (QED) is 0.649. The lowest BCUT2D eigenvalue weighted by molar-refractivity contribution is -0.144. The molecule has 1 aromatic carbocycles. The lowest BCUT2D eigenvalue weighted by Crippen LogP contribution is -2.45. The summed E-state index contributed by atoms with van der Waals surface area (Å²) in [6, 6.07) is 4.21. The maximum atomic E-state index is 12.7. The predicted octanol–water partition coefficient (Wildman–Crippen LogP) is 2.40. The normalized spacial score (nSPS) is 16.4. The second kappa shape index (κ2) is 10.8. The molecule has 0 saturated carbocycles. The van der Waals surface area contributed by atoms with Crippen molar-refractivity contribution in [2.45, 2.75) is 52.2 Å². The molecule has 1 aliphatic heterocycles. The van der Waals surface area contributed by atoms with Crippen molar-refractivity contribution < 1.29 is 28.6 Å². The lowest BCUT2D eigenvalue weighted by Gasteiger charge is -2.31. The minimum absolute atomic E-state index is 0.0247. The van der Waals surface area contributed by atoms with E-state index in [0.29, 0.717) is 30.2 Å². The number of nitrogens with one attached hydrogen (secondary N) is 1. The van der Waals surface area contributed by atoms with E-state index in [1.807, 2.05) is 13.8 Å². The largest absolute Gasteiger partial charge is 0.493 e. The lowest BCUT2D eigenvalue weighted by atomic mass is 9.99. The van der Waals surface area contributed by atoms with Gasteiger partial charge in [-0.1, -0.05) is 20.3 Å². The Balaban J connectivity index is 2.08. The molecule has 1 N–H and O–H groups in total. The van der Waals surface area contributed by atoms with E-state index in [4.69, 9.17) is 14.2 Å². The fourth-order valence-electron chi connectivity index (χ4n) is 3.40. The first kappa shape index (κ1) is 23.5.